The summed E-state index contributed by atoms with van der Waals surface area (Å²) in [7, 11) is 0. The van der Waals surface area contributed by atoms with Crippen LogP contribution in [0.5, 0.6) is 0 Å². The Morgan fingerprint density at radius 1 is 0.884 bits per heavy atom. The summed E-state index contributed by atoms with van der Waals surface area (Å²) in [6.45, 7) is 7.58. The summed E-state index contributed by atoms with van der Waals surface area (Å²) in [5, 5.41) is 5.85. The van der Waals surface area contributed by atoms with Gasteiger partial charge in [0.2, 0.25) is 0 Å². The van der Waals surface area contributed by atoms with Gasteiger partial charge in [-0.05, 0) is 99.7 Å². The van der Waals surface area contributed by atoms with E-state index in [1.807, 2.05) is 81.4 Å². The highest BCUT2D eigenvalue weighted by Gasteiger charge is 2.40. The monoisotopic (exact) mass is 583 g/mol. The number of benzene rings is 3. The fourth-order valence-electron chi connectivity index (χ4n) is 5.55. The van der Waals surface area contributed by atoms with E-state index >= 15 is 0 Å². The van der Waals surface area contributed by atoms with E-state index < -0.39 is 11.7 Å². The van der Waals surface area contributed by atoms with E-state index in [9.17, 15) is 14.4 Å². The van der Waals surface area contributed by atoms with Crippen molar-refractivity contribution in [1.29, 1.82) is 0 Å². The van der Waals surface area contributed by atoms with Gasteiger partial charge in [-0.1, -0.05) is 42.5 Å². The van der Waals surface area contributed by atoms with Gasteiger partial charge in [0.15, 0.2) is 0 Å². The first kappa shape index (κ1) is 30.1. The van der Waals surface area contributed by atoms with Crippen LogP contribution in [0.15, 0.2) is 72.8 Å². The third-order valence-electron chi connectivity index (χ3n) is 7.77. The number of carbonyl (C=O) groups excluding carboxylic acids is 3. The molecule has 8 nitrogen and oxygen atoms in total. The zero-order valence-corrected chi connectivity index (χ0v) is 25.2. The number of nitrogens with zero attached hydrogens (tertiary/aromatic N) is 1. The summed E-state index contributed by atoms with van der Waals surface area (Å²) < 4.78 is 10.9. The highest BCUT2D eigenvalue weighted by atomic mass is 16.6. The maximum atomic E-state index is 13.2. The van der Waals surface area contributed by atoms with Crippen LogP contribution in [-0.4, -0.2) is 36.7 Å². The van der Waals surface area contributed by atoms with E-state index in [1.54, 1.807) is 12.1 Å². The number of piperidine rings is 1. The molecule has 0 spiro atoms. The SMILES string of the molecule is CC(C)(C)OC(=O)CC1CC1c1ccc(NC(=O)c2ccc(N3CCCCC3)c(NC(=O)OCc3ccccc3)c2)cc1. The molecule has 1 aliphatic heterocycles. The largest absolute Gasteiger partial charge is 0.460 e. The van der Waals surface area contributed by atoms with Crippen LogP contribution in [0.3, 0.4) is 0 Å². The number of rotatable bonds is 9. The first-order valence-electron chi connectivity index (χ1n) is 15.1. The number of hydrogen-bond acceptors (Lipinski definition) is 6. The van der Waals surface area contributed by atoms with Crippen molar-refractivity contribution in [3.63, 3.8) is 0 Å². The van der Waals surface area contributed by atoms with Gasteiger partial charge in [-0.25, -0.2) is 4.79 Å². The predicted octanol–water partition coefficient (Wildman–Crippen LogP) is 7.51. The summed E-state index contributed by atoms with van der Waals surface area (Å²) in [6.07, 6.45) is 4.16. The smallest absolute Gasteiger partial charge is 0.412 e. The molecule has 226 valence electrons. The summed E-state index contributed by atoms with van der Waals surface area (Å²) >= 11 is 0. The first-order valence-corrected chi connectivity index (χ1v) is 15.1. The van der Waals surface area contributed by atoms with Gasteiger partial charge in [-0.2, -0.15) is 0 Å². The molecule has 1 aliphatic carbocycles. The second-order valence-electron chi connectivity index (χ2n) is 12.4. The molecule has 1 saturated heterocycles. The minimum absolute atomic E-state index is 0.157. The number of anilines is 3. The van der Waals surface area contributed by atoms with E-state index in [1.165, 1.54) is 6.42 Å². The minimum atomic E-state index is -0.569. The summed E-state index contributed by atoms with van der Waals surface area (Å²) in [6, 6.07) is 22.7. The van der Waals surface area contributed by atoms with E-state index in [0.29, 0.717) is 35.2 Å². The number of nitrogens with one attached hydrogen (secondary N) is 2. The van der Waals surface area contributed by atoms with Crippen LogP contribution in [0.4, 0.5) is 21.9 Å². The van der Waals surface area contributed by atoms with Crippen LogP contribution < -0.4 is 15.5 Å². The summed E-state index contributed by atoms with van der Waals surface area (Å²) in [4.78, 5) is 40.4. The van der Waals surface area contributed by atoms with Crippen molar-refractivity contribution >= 4 is 35.0 Å². The van der Waals surface area contributed by atoms with Crippen molar-refractivity contribution in [1.82, 2.24) is 0 Å². The Balaban J connectivity index is 1.22. The highest BCUT2D eigenvalue weighted by Crippen LogP contribution is 2.50. The lowest BCUT2D eigenvalue weighted by molar-refractivity contribution is -0.155. The van der Waals surface area contributed by atoms with Crippen molar-refractivity contribution in [3.05, 3.63) is 89.5 Å². The Kier molecular flexibility index (Phi) is 9.34. The van der Waals surface area contributed by atoms with E-state index in [4.69, 9.17) is 9.47 Å². The molecular weight excluding hydrogens is 542 g/mol. The lowest BCUT2D eigenvalue weighted by atomic mass is 10.1. The lowest BCUT2D eigenvalue weighted by Crippen LogP contribution is -2.30. The highest BCUT2D eigenvalue weighted by molar-refractivity contribution is 6.06. The maximum Gasteiger partial charge on any atom is 0.412 e. The maximum absolute atomic E-state index is 13.2. The Morgan fingerprint density at radius 3 is 2.30 bits per heavy atom. The molecule has 1 saturated carbocycles. The Labute approximate surface area is 253 Å². The minimum Gasteiger partial charge on any atom is -0.460 e. The second kappa shape index (κ2) is 13.3. The molecule has 2 unspecified atom stereocenters. The van der Waals surface area contributed by atoms with Crippen molar-refractivity contribution in [2.24, 2.45) is 5.92 Å². The zero-order chi connectivity index (χ0) is 30.4. The molecule has 5 rings (SSSR count). The second-order valence-corrected chi connectivity index (χ2v) is 12.4. The van der Waals surface area contributed by atoms with E-state index in [2.05, 4.69) is 15.5 Å². The number of hydrogen-bond donors (Lipinski definition) is 2. The van der Waals surface area contributed by atoms with Crippen LogP contribution in [0.25, 0.3) is 0 Å². The van der Waals surface area contributed by atoms with Gasteiger partial charge in [0, 0.05) is 30.8 Å². The molecule has 0 radical (unpaired) electrons. The molecule has 2 atom stereocenters. The van der Waals surface area contributed by atoms with Crippen LogP contribution in [-0.2, 0) is 20.9 Å². The van der Waals surface area contributed by atoms with Crippen molar-refractivity contribution in [3.8, 4) is 0 Å². The average Bonchev–Trinajstić information content (AvgIpc) is 3.75. The fourth-order valence-corrected chi connectivity index (χ4v) is 5.55. The molecule has 8 heteroatoms. The van der Waals surface area contributed by atoms with E-state index in [-0.39, 0.29) is 18.5 Å². The molecule has 0 bridgehead atoms. The van der Waals surface area contributed by atoms with Gasteiger partial charge in [0.25, 0.3) is 5.91 Å². The number of carbonyl (C=O) groups is 3. The number of esters is 1. The van der Waals surface area contributed by atoms with Crippen LogP contribution >= 0.6 is 0 Å². The fraction of sp³-hybridized carbons (Fsp3) is 0.400. The molecule has 43 heavy (non-hydrogen) atoms. The lowest BCUT2D eigenvalue weighted by Gasteiger charge is -2.30. The van der Waals surface area contributed by atoms with Crippen LogP contribution in [0, 0.1) is 5.92 Å². The van der Waals surface area contributed by atoms with Gasteiger partial charge in [-0.15, -0.1) is 0 Å². The van der Waals surface area contributed by atoms with Gasteiger partial charge in [-0.3, -0.25) is 14.9 Å². The molecule has 2 amide bonds. The van der Waals surface area contributed by atoms with Crippen molar-refractivity contribution in [2.75, 3.05) is 28.6 Å². The van der Waals surface area contributed by atoms with Crippen molar-refractivity contribution < 1.29 is 23.9 Å². The number of amides is 2. The van der Waals surface area contributed by atoms with Gasteiger partial charge < -0.3 is 19.7 Å². The third-order valence-corrected chi connectivity index (χ3v) is 7.77. The van der Waals surface area contributed by atoms with Gasteiger partial charge in [0.1, 0.15) is 12.2 Å². The van der Waals surface area contributed by atoms with Gasteiger partial charge >= 0.3 is 12.1 Å². The number of ether oxygens (including phenoxy) is 2. The molecule has 0 aromatic heterocycles. The van der Waals surface area contributed by atoms with Crippen LogP contribution in [0.1, 0.15) is 80.3 Å². The molecule has 2 N–H and O–H groups in total. The quantitative estimate of drug-likeness (QED) is 0.253. The molecule has 3 aromatic carbocycles. The topological polar surface area (TPSA) is 97.0 Å². The third kappa shape index (κ3) is 8.60. The molecule has 1 heterocycles. The summed E-state index contributed by atoms with van der Waals surface area (Å²) in [5.74, 6) is 0.190. The van der Waals surface area contributed by atoms with Gasteiger partial charge in [0.05, 0.1) is 11.4 Å². The Morgan fingerprint density at radius 2 is 1.60 bits per heavy atom. The average molecular weight is 584 g/mol. The Bertz CT molecular complexity index is 1430. The predicted molar refractivity (Wildman–Crippen MR) is 168 cm³/mol. The standard InChI is InChI=1S/C35H41N3O5/c1-35(2,3)43-32(39)22-27-20-29(27)25-12-15-28(16-13-25)36-33(40)26-14-17-31(38-18-8-5-9-19-38)30(21-26)37-34(41)42-23-24-10-6-4-7-11-24/h4,6-7,10-17,21,27,29H,5,8-9,18-20,22-23H2,1-3H3,(H,36,40)(H,37,41). The first-order chi connectivity index (χ1) is 20.6. The molecule has 2 fully saturated rings. The molecule has 2 aliphatic rings. The van der Waals surface area contributed by atoms with Crippen molar-refractivity contribution in [2.45, 2.75) is 71.0 Å². The molecule has 3 aromatic rings. The van der Waals surface area contributed by atoms with Crippen LogP contribution in [0.2, 0.25) is 0 Å². The molecular formula is C35H41N3O5. The summed E-state index contributed by atoms with van der Waals surface area (Å²) in [5.41, 5.74) is 4.11. The Hall–Kier alpha value is -4.33. The normalized spacial score (nSPS) is 18.0. The van der Waals surface area contributed by atoms with E-state index in [0.717, 1.165) is 49.2 Å². The zero-order valence-electron chi connectivity index (χ0n) is 25.2.